The van der Waals surface area contributed by atoms with Gasteiger partial charge in [-0.05, 0) is 19.1 Å². The number of amides is 2. The molecule has 148 valence electrons. The van der Waals surface area contributed by atoms with Crippen LogP contribution in [0.1, 0.15) is 19.8 Å². The number of carbonyl (C=O) groups is 2. The summed E-state index contributed by atoms with van der Waals surface area (Å²) in [7, 11) is 3.10. The molecule has 8 nitrogen and oxygen atoms in total. The molecule has 1 aromatic rings. The van der Waals surface area contributed by atoms with Gasteiger partial charge in [0.1, 0.15) is 0 Å². The van der Waals surface area contributed by atoms with Crippen LogP contribution in [0.3, 0.4) is 0 Å². The average Bonchev–Trinajstić information content (AvgIpc) is 3.27. The van der Waals surface area contributed by atoms with Crippen LogP contribution in [0.4, 0.5) is 5.69 Å². The molecule has 2 saturated heterocycles. The van der Waals surface area contributed by atoms with Crippen LogP contribution in [0.15, 0.2) is 18.2 Å². The van der Waals surface area contributed by atoms with E-state index >= 15 is 0 Å². The lowest BCUT2D eigenvalue weighted by Gasteiger charge is -2.22. The Hall–Kier alpha value is -2.32. The van der Waals surface area contributed by atoms with Gasteiger partial charge in [0.2, 0.25) is 11.8 Å². The molecule has 27 heavy (non-hydrogen) atoms. The Morgan fingerprint density at radius 1 is 1.26 bits per heavy atom. The molecule has 0 radical (unpaired) electrons. The molecule has 0 bridgehead atoms. The molecule has 8 heteroatoms. The predicted molar refractivity (Wildman–Crippen MR) is 97.9 cm³/mol. The van der Waals surface area contributed by atoms with Gasteiger partial charge in [0.25, 0.3) is 0 Å². The van der Waals surface area contributed by atoms with Crippen LogP contribution in [0, 0.1) is 5.92 Å². The van der Waals surface area contributed by atoms with Gasteiger partial charge >= 0.3 is 0 Å². The van der Waals surface area contributed by atoms with Crippen molar-refractivity contribution in [2.24, 2.45) is 5.92 Å². The molecular formula is C19H26N2O6. The molecule has 2 aliphatic rings. The van der Waals surface area contributed by atoms with Crippen molar-refractivity contribution in [1.82, 2.24) is 5.32 Å². The highest BCUT2D eigenvalue weighted by Crippen LogP contribution is 2.34. The summed E-state index contributed by atoms with van der Waals surface area (Å²) in [5.74, 6) is -0.106. The zero-order valence-electron chi connectivity index (χ0n) is 15.9. The largest absolute Gasteiger partial charge is 0.493 e. The Balaban J connectivity index is 1.57. The fourth-order valence-electron chi connectivity index (χ4n) is 3.38. The molecule has 1 N–H and O–H groups in total. The second kappa shape index (κ2) is 8.14. The summed E-state index contributed by atoms with van der Waals surface area (Å²) in [6.45, 7) is 3.79. The lowest BCUT2D eigenvalue weighted by Crippen LogP contribution is -2.37. The van der Waals surface area contributed by atoms with Crippen LogP contribution in [0.5, 0.6) is 11.5 Å². The van der Waals surface area contributed by atoms with E-state index in [0.717, 1.165) is 0 Å². The first kappa shape index (κ1) is 19.4. The topological polar surface area (TPSA) is 86.3 Å². The van der Waals surface area contributed by atoms with Crippen LogP contribution in [0.2, 0.25) is 0 Å². The van der Waals surface area contributed by atoms with Gasteiger partial charge in [0, 0.05) is 37.7 Å². The number of ether oxygens (including phenoxy) is 4. The van der Waals surface area contributed by atoms with E-state index in [2.05, 4.69) is 5.32 Å². The Bertz CT molecular complexity index is 701. The van der Waals surface area contributed by atoms with Crippen molar-refractivity contribution in [3.63, 3.8) is 0 Å². The van der Waals surface area contributed by atoms with E-state index in [-0.39, 0.29) is 24.2 Å². The number of hydrogen-bond donors (Lipinski definition) is 1. The third-order valence-electron chi connectivity index (χ3n) is 4.95. The van der Waals surface area contributed by atoms with E-state index < -0.39 is 5.79 Å². The van der Waals surface area contributed by atoms with Gasteiger partial charge in [0.15, 0.2) is 17.3 Å². The van der Waals surface area contributed by atoms with E-state index in [0.29, 0.717) is 49.9 Å². The first-order valence-corrected chi connectivity index (χ1v) is 9.04. The van der Waals surface area contributed by atoms with Crippen molar-refractivity contribution >= 4 is 17.5 Å². The van der Waals surface area contributed by atoms with Gasteiger partial charge in [-0.25, -0.2) is 0 Å². The van der Waals surface area contributed by atoms with Crippen LogP contribution in [-0.2, 0) is 19.1 Å². The van der Waals surface area contributed by atoms with Crippen LogP contribution in [-0.4, -0.2) is 58.1 Å². The lowest BCUT2D eigenvalue weighted by molar-refractivity contribution is -0.147. The second-order valence-electron chi connectivity index (χ2n) is 6.82. The highest BCUT2D eigenvalue weighted by molar-refractivity contribution is 6.00. The summed E-state index contributed by atoms with van der Waals surface area (Å²) in [5.41, 5.74) is 0.688. The number of nitrogens with one attached hydrogen (secondary N) is 1. The van der Waals surface area contributed by atoms with Crippen molar-refractivity contribution in [2.45, 2.75) is 25.6 Å². The fraction of sp³-hybridized carbons (Fsp3) is 0.579. The van der Waals surface area contributed by atoms with Crippen molar-refractivity contribution in [1.29, 1.82) is 0 Å². The molecule has 0 aromatic heterocycles. The van der Waals surface area contributed by atoms with Crippen molar-refractivity contribution in [3.05, 3.63) is 18.2 Å². The van der Waals surface area contributed by atoms with Crippen LogP contribution >= 0.6 is 0 Å². The minimum atomic E-state index is -0.634. The van der Waals surface area contributed by atoms with E-state index in [9.17, 15) is 9.59 Å². The summed E-state index contributed by atoms with van der Waals surface area (Å²) in [6.07, 6.45) is 0.753. The molecule has 0 aliphatic carbocycles. The molecule has 3 rings (SSSR count). The number of nitrogens with zero attached hydrogens (tertiary/aromatic N) is 1. The molecule has 2 fully saturated rings. The lowest BCUT2D eigenvalue weighted by atomic mass is 10.1. The van der Waals surface area contributed by atoms with E-state index in [1.807, 2.05) is 6.92 Å². The molecule has 0 spiro atoms. The summed E-state index contributed by atoms with van der Waals surface area (Å²) in [5, 5.41) is 2.89. The standard InChI is InChI=1S/C19H26N2O6/c1-19(26-8-9-27-19)6-7-20-18(23)13-10-17(22)21(12-13)14-4-5-15(24-2)16(11-14)25-3/h4-5,11,13H,6-10,12H2,1-3H3,(H,20,23). The van der Waals surface area contributed by atoms with Crippen molar-refractivity contribution < 1.29 is 28.5 Å². The highest BCUT2D eigenvalue weighted by atomic mass is 16.7. The zero-order valence-corrected chi connectivity index (χ0v) is 15.9. The quantitative estimate of drug-likeness (QED) is 0.770. The van der Waals surface area contributed by atoms with E-state index in [1.165, 1.54) is 0 Å². The van der Waals surface area contributed by atoms with Crippen molar-refractivity contribution in [3.8, 4) is 11.5 Å². The van der Waals surface area contributed by atoms with E-state index in [1.54, 1.807) is 37.3 Å². The van der Waals surface area contributed by atoms with Gasteiger partial charge in [-0.1, -0.05) is 0 Å². The smallest absolute Gasteiger partial charge is 0.227 e. The maximum atomic E-state index is 12.5. The van der Waals surface area contributed by atoms with Gasteiger partial charge in [-0.2, -0.15) is 0 Å². The second-order valence-corrected chi connectivity index (χ2v) is 6.82. The Morgan fingerprint density at radius 3 is 2.63 bits per heavy atom. The first-order valence-electron chi connectivity index (χ1n) is 9.04. The molecule has 1 atom stereocenters. The van der Waals surface area contributed by atoms with E-state index in [4.69, 9.17) is 18.9 Å². The molecule has 1 aromatic carbocycles. The minimum Gasteiger partial charge on any atom is -0.493 e. The molecule has 0 saturated carbocycles. The maximum absolute atomic E-state index is 12.5. The SMILES string of the molecule is COc1ccc(N2CC(C(=O)NCCC3(C)OCCO3)CC2=O)cc1OC. The van der Waals surface area contributed by atoms with Gasteiger partial charge in [0.05, 0.1) is 33.4 Å². The number of benzene rings is 1. The highest BCUT2D eigenvalue weighted by Gasteiger charge is 2.36. The van der Waals surface area contributed by atoms with Gasteiger partial charge in [-0.15, -0.1) is 0 Å². The summed E-state index contributed by atoms with van der Waals surface area (Å²) < 4.78 is 21.6. The number of carbonyl (C=O) groups excluding carboxylic acids is 2. The molecule has 2 aliphatic heterocycles. The first-order chi connectivity index (χ1) is 13.0. The molecule has 2 amide bonds. The molecular weight excluding hydrogens is 352 g/mol. The van der Waals surface area contributed by atoms with Gasteiger partial charge in [-0.3, -0.25) is 9.59 Å². The molecule has 2 heterocycles. The Morgan fingerprint density at radius 2 is 1.96 bits per heavy atom. The minimum absolute atomic E-state index is 0.0863. The summed E-state index contributed by atoms with van der Waals surface area (Å²) in [6, 6.07) is 5.28. The number of hydrogen-bond acceptors (Lipinski definition) is 6. The third kappa shape index (κ3) is 4.33. The van der Waals surface area contributed by atoms with Crippen LogP contribution < -0.4 is 19.7 Å². The Labute approximate surface area is 158 Å². The Kier molecular flexibility index (Phi) is 5.86. The molecule has 1 unspecified atom stereocenters. The van der Waals surface area contributed by atoms with Gasteiger partial charge < -0.3 is 29.2 Å². The number of methoxy groups -OCH3 is 2. The number of anilines is 1. The maximum Gasteiger partial charge on any atom is 0.227 e. The van der Waals surface area contributed by atoms with Crippen molar-refractivity contribution in [2.75, 3.05) is 45.4 Å². The third-order valence-corrected chi connectivity index (χ3v) is 4.95. The number of rotatable bonds is 7. The monoisotopic (exact) mass is 378 g/mol. The van der Waals surface area contributed by atoms with Crippen LogP contribution in [0.25, 0.3) is 0 Å². The zero-order chi connectivity index (χ0) is 19.4. The summed E-state index contributed by atoms with van der Waals surface area (Å²) >= 11 is 0. The predicted octanol–water partition coefficient (Wildman–Crippen LogP) is 1.33. The normalized spacial score (nSPS) is 21.4. The fourth-order valence-corrected chi connectivity index (χ4v) is 3.38. The average molecular weight is 378 g/mol. The summed E-state index contributed by atoms with van der Waals surface area (Å²) in [4.78, 5) is 26.5.